The normalized spacial score (nSPS) is 18.8. The molecule has 0 heterocycles. The number of hydrogen-bond donors (Lipinski definition) is 0. The lowest BCUT2D eigenvalue weighted by Crippen LogP contribution is -2.29. The topological polar surface area (TPSA) is 83.5 Å². The van der Waals surface area contributed by atoms with E-state index in [4.69, 9.17) is 27.9 Å². The summed E-state index contributed by atoms with van der Waals surface area (Å²) in [6.45, 7) is 4.51. The fraction of sp³-hybridized carbons (Fsp3) is 0.389. The van der Waals surface area contributed by atoms with Gasteiger partial charge in [0.2, 0.25) is 0 Å². The van der Waals surface area contributed by atoms with Crippen molar-refractivity contribution in [2.75, 3.05) is 6.61 Å². The lowest BCUT2D eigenvalue weighted by Gasteiger charge is -2.25. The first-order valence-electron chi connectivity index (χ1n) is 7.70. The van der Waals surface area contributed by atoms with Gasteiger partial charge in [-0.2, -0.15) is 0 Å². The summed E-state index contributed by atoms with van der Waals surface area (Å²) in [5.74, 6) is -1.49. The fourth-order valence-corrected chi connectivity index (χ4v) is 3.65. The molecule has 2 rings (SSSR count). The molecular weight excluding hydrogens is 367 g/mol. The van der Waals surface area contributed by atoms with Gasteiger partial charge in [-0.05, 0) is 37.8 Å². The molecule has 0 aromatic heterocycles. The highest BCUT2D eigenvalue weighted by Crippen LogP contribution is 2.49. The number of rotatable bonds is 8. The van der Waals surface area contributed by atoms with E-state index in [1.165, 1.54) is 13.0 Å². The molecule has 0 saturated carbocycles. The van der Waals surface area contributed by atoms with E-state index in [1.54, 1.807) is 6.08 Å². The SMILES string of the molecule is C=CCC1(CCC(C)=O)Cc2cc(OCC(=O)[O-])c(Cl)c(Cl)c2C1=O. The Morgan fingerprint density at radius 2 is 2.08 bits per heavy atom. The molecular formula is C18H17Cl2O5-. The molecule has 5 nitrogen and oxygen atoms in total. The Labute approximate surface area is 155 Å². The summed E-state index contributed by atoms with van der Waals surface area (Å²) in [5, 5.41) is 10.6. The number of carboxylic acids is 1. The molecule has 0 radical (unpaired) electrons. The monoisotopic (exact) mass is 383 g/mol. The number of ketones is 2. The average Bonchev–Trinajstić information content (AvgIpc) is 2.80. The highest BCUT2D eigenvalue weighted by atomic mass is 35.5. The number of carboxylic acid groups (broad SMARTS) is 1. The van der Waals surface area contributed by atoms with Crippen LogP contribution in [0.3, 0.4) is 0 Å². The predicted molar refractivity (Wildman–Crippen MR) is 92.2 cm³/mol. The third kappa shape index (κ3) is 3.88. The van der Waals surface area contributed by atoms with Crippen LogP contribution in [-0.2, 0) is 16.0 Å². The first kappa shape index (κ1) is 19.5. The molecule has 1 aliphatic carbocycles. The van der Waals surface area contributed by atoms with Crippen molar-refractivity contribution in [2.24, 2.45) is 5.41 Å². The molecule has 0 amide bonds. The van der Waals surface area contributed by atoms with Crippen LogP contribution in [0.4, 0.5) is 0 Å². The minimum atomic E-state index is -1.40. The summed E-state index contributed by atoms with van der Waals surface area (Å²) in [4.78, 5) is 35.0. The van der Waals surface area contributed by atoms with Gasteiger partial charge < -0.3 is 19.4 Å². The molecule has 1 unspecified atom stereocenters. The molecule has 0 aliphatic heterocycles. The Hall–Kier alpha value is -1.85. The third-order valence-corrected chi connectivity index (χ3v) is 5.18. The van der Waals surface area contributed by atoms with Crippen LogP contribution in [0.1, 0.15) is 42.1 Å². The number of carbonyl (C=O) groups is 3. The number of allylic oxidation sites excluding steroid dienone is 1. The summed E-state index contributed by atoms with van der Waals surface area (Å²) in [6, 6.07) is 1.53. The molecule has 1 aromatic rings. The number of carbonyl (C=O) groups excluding carboxylic acids is 3. The fourth-order valence-electron chi connectivity index (χ4n) is 3.15. The van der Waals surface area contributed by atoms with Crippen LogP contribution in [0.5, 0.6) is 5.75 Å². The van der Waals surface area contributed by atoms with Gasteiger partial charge in [0.05, 0.1) is 11.0 Å². The minimum Gasteiger partial charge on any atom is -0.546 e. The van der Waals surface area contributed by atoms with Gasteiger partial charge in [-0.15, -0.1) is 6.58 Å². The van der Waals surface area contributed by atoms with E-state index >= 15 is 0 Å². The Kier molecular flexibility index (Phi) is 5.91. The van der Waals surface area contributed by atoms with Gasteiger partial charge in [0.1, 0.15) is 23.2 Å². The Balaban J connectivity index is 2.44. The van der Waals surface area contributed by atoms with Crippen molar-refractivity contribution < 1.29 is 24.2 Å². The van der Waals surface area contributed by atoms with E-state index in [0.717, 1.165) is 0 Å². The van der Waals surface area contributed by atoms with Gasteiger partial charge in [0.25, 0.3) is 0 Å². The molecule has 1 aliphatic rings. The maximum Gasteiger partial charge on any atom is 0.171 e. The van der Waals surface area contributed by atoms with E-state index in [0.29, 0.717) is 30.4 Å². The quantitative estimate of drug-likeness (QED) is 0.644. The summed E-state index contributed by atoms with van der Waals surface area (Å²) in [5.41, 5.74) is 0.131. The van der Waals surface area contributed by atoms with E-state index in [2.05, 4.69) is 6.58 Å². The van der Waals surface area contributed by atoms with Crippen LogP contribution in [0.25, 0.3) is 0 Å². The Morgan fingerprint density at radius 3 is 2.64 bits per heavy atom. The van der Waals surface area contributed by atoms with Crippen LogP contribution in [0.2, 0.25) is 10.0 Å². The van der Waals surface area contributed by atoms with Gasteiger partial charge in [-0.1, -0.05) is 29.3 Å². The molecule has 0 bridgehead atoms. The molecule has 134 valence electrons. The molecule has 1 aromatic carbocycles. The second-order valence-electron chi connectivity index (χ2n) is 6.18. The molecule has 25 heavy (non-hydrogen) atoms. The first-order chi connectivity index (χ1) is 11.7. The molecule has 0 fully saturated rings. The van der Waals surface area contributed by atoms with E-state index in [1.807, 2.05) is 0 Å². The van der Waals surface area contributed by atoms with Crippen molar-refractivity contribution in [2.45, 2.75) is 32.6 Å². The largest absolute Gasteiger partial charge is 0.546 e. The van der Waals surface area contributed by atoms with Crippen molar-refractivity contribution in [1.82, 2.24) is 0 Å². The van der Waals surface area contributed by atoms with Gasteiger partial charge in [0, 0.05) is 17.4 Å². The van der Waals surface area contributed by atoms with Gasteiger partial charge in [0.15, 0.2) is 5.78 Å². The summed E-state index contributed by atoms with van der Waals surface area (Å²) in [7, 11) is 0. The van der Waals surface area contributed by atoms with Crippen LogP contribution in [0, 0.1) is 5.41 Å². The first-order valence-corrected chi connectivity index (χ1v) is 8.46. The number of aliphatic carboxylic acids is 1. The molecule has 7 heteroatoms. The number of benzene rings is 1. The summed E-state index contributed by atoms with van der Waals surface area (Å²) >= 11 is 12.4. The van der Waals surface area contributed by atoms with Crippen molar-refractivity contribution in [3.8, 4) is 5.75 Å². The number of halogens is 2. The number of ether oxygens (including phenoxy) is 1. The predicted octanol–water partition coefficient (Wildman–Crippen LogP) is 2.79. The standard InChI is InChI=1S/C18H18Cl2O5/c1-3-5-18(6-4-10(2)21)8-11-7-12(25-9-13(22)23)15(19)16(20)14(11)17(18)24/h3,7H,1,4-6,8-9H2,2H3,(H,22,23)/p-1. The highest BCUT2D eigenvalue weighted by molar-refractivity contribution is 6.45. The maximum absolute atomic E-state index is 13.0. The highest BCUT2D eigenvalue weighted by Gasteiger charge is 2.46. The van der Waals surface area contributed by atoms with Crippen molar-refractivity contribution in [3.63, 3.8) is 0 Å². The van der Waals surface area contributed by atoms with Gasteiger partial charge in [-0.3, -0.25) is 4.79 Å². The third-order valence-electron chi connectivity index (χ3n) is 4.33. The van der Waals surface area contributed by atoms with E-state index < -0.39 is 18.0 Å². The zero-order valence-corrected chi connectivity index (χ0v) is 15.2. The molecule has 1 atom stereocenters. The summed E-state index contributed by atoms with van der Waals surface area (Å²) < 4.78 is 5.10. The van der Waals surface area contributed by atoms with Crippen molar-refractivity contribution >= 4 is 40.7 Å². The number of Topliss-reactive ketones (excluding diaryl/α,β-unsaturated/α-hetero) is 2. The Morgan fingerprint density at radius 1 is 1.40 bits per heavy atom. The van der Waals surface area contributed by atoms with Crippen LogP contribution in [-0.4, -0.2) is 24.1 Å². The smallest absolute Gasteiger partial charge is 0.171 e. The second-order valence-corrected chi connectivity index (χ2v) is 6.93. The van der Waals surface area contributed by atoms with Crippen LogP contribution in [0.15, 0.2) is 18.7 Å². The van der Waals surface area contributed by atoms with Crippen molar-refractivity contribution in [3.05, 3.63) is 39.9 Å². The average molecular weight is 384 g/mol. The number of hydrogen-bond acceptors (Lipinski definition) is 5. The Bertz CT molecular complexity index is 756. The van der Waals surface area contributed by atoms with Crippen LogP contribution < -0.4 is 9.84 Å². The lowest BCUT2D eigenvalue weighted by atomic mass is 9.76. The maximum atomic E-state index is 13.0. The van der Waals surface area contributed by atoms with Gasteiger partial charge >= 0.3 is 0 Å². The number of fused-ring (bicyclic) bond motifs is 1. The zero-order chi connectivity index (χ0) is 18.8. The minimum absolute atomic E-state index is 0.00527. The van der Waals surface area contributed by atoms with Gasteiger partial charge in [-0.25, -0.2) is 0 Å². The lowest BCUT2D eigenvalue weighted by molar-refractivity contribution is -0.307. The second kappa shape index (κ2) is 7.58. The molecule has 0 N–H and O–H groups in total. The van der Waals surface area contributed by atoms with Crippen molar-refractivity contribution in [1.29, 1.82) is 0 Å². The zero-order valence-electron chi connectivity index (χ0n) is 13.7. The summed E-state index contributed by atoms with van der Waals surface area (Å²) in [6.07, 6.45) is 3.06. The molecule has 0 spiro atoms. The van der Waals surface area contributed by atoms with Crippen LogP contribution >= 0.6 is 23.2 Å². The van der Waals surface area contributed by atoms with E-state index in [-0.39, 0.29) is 33.8 Å². The molecule has 0 saturated heterocycles. The van der Waals surface area contributed by atoms with E-state index in [9.17, 15) is 19.5 Å².